The van der Waals surface area contributed by atoms with Gasteiger partial charge >= 0.3 is 11.9 Å². The average molecular weight is 246 g/mol. The Kier molecular flexibility index (Phi) is 6.24. The van der Waals surface area contributed by atoms with E-state index in [1.165, 1.54) is 24.3 Å². The molecule has 0 aliphatic heterocycles. The minimum Gasteiger partial charge on any atom is -0.417 e. The van der Waals surface area contributed by atoms with Crippen LogP contribution in [0.3, 0.4) is 0 Å². The monoisotopic (exact) mass is 246 g/mol. The van der Waals surface area contributed by atoms with Crippen molar-refractivity contribution >= 4 is 11.9 Å². The first-order chi connectivity index (χ1) is 8.46. The van der Waals surface area contributed by atoms with E-state index in [0.717, 1.165) is 0 Å². The molecule has 0 saturated heterocycles. The molecule has 0 rings (SSSR count). The molecule has 0 radical (unpaired) electrons. The molecular formula is C12H10N2O4. The first-order valence-corrected chi connectivity index (χ1v) is 4.69. The van der Waals surface area contributed by atoms with E-state index in [1.807, 2.05) is 0 Å². The molecule has 0 aromatic carbocycles. The first kappa shape index (κ1) is 15.1. The zero-order chi connectivity index (χ0) is 14.1. The van der Waals surface area contributed by atoms with Crippen LogP contribution in [0.4, 0.5) is 0 Å². The summed E-state index contributed by atoms with van der Waals surface area (Å²) in [7, 11) is 0. The number of hydrogen-bond donors (Lipinski definition) is 0. The summed E-state index contributed by atoms with van der Waals surface area (Å²) in [4.78, 5) is 22.4. The smallest absolute Gasteiger partial charge is 0.351 e. The maximum Gasteiger partial charge on any atom is 0.351 e. The Morgan fingerprint density at radius 1 is 1.11 bits per heavy atom. The standard InChI is InChI=1S/C12H10N2O4/c1-4-5-10(17-11(15)8(2)6-13)18-12(16)9(3)7-14/h4-5,10H,2-3H2,1H3. The average Bonchev–Trinajstić information content (AvgIpc) is 2.36. The third kappa shape index (κ3) is 4.77. The molecule has 0 spiro atoms. The summed E-state index contributed by atoms with van der Waals surface area (Å²) in [6.45, 7) is 7.90. The van der Waals surface area contributed by atoms with Crippen molar-refractivity contribution in [3.8, 4) is 12.1 Å². The molecule has 0 saturated carbocycles. The van der Waals surface area contributed by atoms with Gasteiger partial charge in [-0.15, -0.1) is 0 Å². The van der Waals surface area contributed by atoms with Crippen molar-refractivity contribution in [3.63, 3.8) is 0 Å². The van der Waals surface area contributed by atoms with Crippen molar-refractivity contribution in [2.75, 3.05) is 0 Å². The molecule has 18 heavy (non-hydrogen) atoms. The highest BCUT2D eigenvalue weighted by Crippen LogP contribution is 2.05. The van der Waals surface area contributed by atoms with Crippen LogP contribution < -0.4 is 0 Å². The van der Waals surface area contributed by atoms with E-state index in [9.17, 15) is 9.59 Å². The highest BCUT2D eigenvalue weighted by atomic mass is 16.7. The second-order valence-electron chi connectivity index (χ2n) is 2.89. The van der Waals surface area contributed by atoms with Crippen molar-refractivity contribution in [1.82, 2.24) is 0 Å². The predicted molar refractivity (Wildman–Crippen MR) is 60.3 cm³/mol. The minimum atomic E-state index is -1.34. The predicted octanol–water partition coefficient (Wildman–Crippen LogP) is 1.13. The Bertz CT molecular complexity index is 451. The number of allylic oxidation sites excluding steroid dienone is 1. The van der Waals surface area contributed by atoms with E-state index >= 15 is 0 Å². The van der Waals surface area contributed by atoms with E-state index in [2.05, 4.69) is 22.6 Å². The summed E-state index contributed by atoms with van der Waals surface area (Å²) in [6.07, 6.45) is 1.38. The molecule has 0 aliphatic rings. The number of carbonyl (C=O) groups is 2. The molecule has 0 atom stereocenters. The molecule has 6 nitrogen and oxygen atoms in total. The minimum absolute atomic E-state index is 0.431. The van der Waals surface area contributed by atoms with Crippen LogP contribution in [0.2, 0.25) is 0 Å². The normalized spacial score (nSPS) is 9.33. The Hall–Kier alpha value is -2.86. The zero-order valence-corrected chi connectivity index (χ0v) is 9.67. The molecule has 0 aromatic rings. The molecule has 0 heterocycles. The van der Waals surface area contributed by atoms with Gasteiger partial charge in [0.2, 0.25) is 0 Å². The van der Waals surface area contributed by atoms with E-state index < -0.39 is 29.4 Å². The summed E-state index contributed by atoms with van der Waals surface area (Å²) >= 11 is 0. The molecule has 6 heteroatoms. The number of hydrogen-bond acceptors (Lipinski definition) is 6. The van der Waals surface area contributed by atoms with Gasteiger partial charge in [-0.05, 0) is 13.0 Å². The van der Waals surface area contributed by atoms with Gasteiger partial charge in [0.25, 0.3) is 6.29 Å². The second-order valence-corrected chi connectivity index (χ2v) is 2.89. The first-order valence-electron chi connectivity index (χ1n) is 4.69. The van der Waals surface area contributed by atoms with Crippen LogP contribution in [0.5, 0.6) is 0 Å². The summed E-state index contributed by atoms with van der Waals surface area (Å²) < 4.78 is 9.34. The molecule has 0 unspecified atom stereocenters. The SMILES string of the molecule is C=C(C#N)C(=O)OC(C=CC)OC(=O)C(=C)C#N. The Morgan fingerprint density at radius 3 is 1.78 bits per heavy atom. The van der Waals surface area contributed by atoms with Crippen molar-refractivity contribution < 1.29 is 19.1 Å². The molecule has 0 fully saturated rings. The summed E-state index contributed by atoms with van der Waals surface area (Å²) in [5, 5.41) is 16.8. The summed E-state index contributed by atoms with van der Waals surface area (Å²) in [6, 6.07) is 2.99. The van der Waals surface area contributed by atoms with Crippen LogP contribution in [0, 0.1) is 22.7 Å². The van der Waals surface area contributed by atoms with Crippen LogP contribution in [-0.2, 0) is 19.1 Å². The molecule has 0 N–H and O–H groups in total. The van der Waals surface area contributed by atoms with Gasteiger partial charge in [-0.2, -0.15) is 10.5 Å². The molecule has 0 amide bonds. The van der Waals surface area contributed by atoms with Crippen LogP contribution in [0.1, 0.15) is 6.92 Å². The van der Waals surface area contributed by atoms with Crippen molar-refractivity contribution in [2.24, 2.45) is 0 Å². The van der Waals surface area contributed by atoms with Crippen LogP contribution in [0.15, 0.2) is 36.5 Å². The lowest BCUT2D eigenvalue weighted by Gasteiger charge is -2.13. The quantitative estimate of drug-likeness (QED) is 0.237. The third-order valence-corrected chi connectivity index (χ3v) is 1.56. The number of ether oxygens (including phenoxy) is 2. The van der Waals surface area contributed by atoms with Gasteiger partial charge in [-0.3, -0.25) is 0 Å². The largest absolute Gasteiger partial charge is 0.417 e. The third-order valence-electron chi connectivity index (χ3n) is 1.56. The van der Waals surface area contributed by atoms with E-state index in [4.69, 9.17) is 10.5 Å². The zero-order valence-electron chi connectivity index (χ0n) is 9.67. The molecule has 0 bridgehead atoms. The lowest BCUT2D eigenvalue weighted by Crippen LogP contribution is -2.23. The molecule has 0 aromatic heterocycles. The number of carbonyl (C=O) groups excluding carboxylic acids is 2. The molecule has 92 valence electrons. The van der Waals surface area contributed by atoms with E-state index in [-0.39, 0.29) is 0 Å². The second kappa shape index (κ2) is 7.42. The van der Waals surface area contributed by atoms with Gasteiger partial charge in [0.05, 0.1) is 0 Å². The number of nitrogens with zero attached hydrogens (tertiary/aromatic N) is 2. The van der Waals surface area contributed by atoms with Gasteiger partial charge in [0, 0.05) is 0 Å². The Balaban J connectivity index is 4.71. The highest BCUT2D eigenvalue weighted by Gasteiger charge is 2.19. The number of esters is 2. The fraction of sp³-hybridized carbons (Fsp3) is 0.167. The maximum atomic E-state index is 11.2. The van der Waals surface area contributed by atoms with Crippen LogP contribution in [0.25, 0.3) is 0 Å². The maximum absolute atomic E-state index is 11.2. The fourth-order valence-corrected chi connectivity index (χ4v) is 0.704. The highest BCUT2D eigenvalue weighted by molar-refractivity contribution is 5.93. The Labute approximate surface area is 104 Å². The summed E-state index contributed by atoms with van der Waals surface area (Å²) in [5.41, 5.74) is -0.862. The lowest BCUT2D eigenvalue weighted by atomic mass is 10.3. The lowest BCUT2D eigenvalue weighted by molar-refractivity contribution is -0.173. The Morgan fingerprint density at radius 2 is 1.50 bits per heavy atom. The van der Waals surface area contributed by atoms with Gasteiger partial charge in [0.15, 0.2) is 0 Å². The van der Waals surface area contributed by atoms with Gasteiger partial charge in [0.1, 0.15) is 23.3 Å². The van der Waals surface area contributed by atoms with Crippen LogP contribution in [-0.4, -0.2) is 18.2 Å². The molecular weight excluding hydrogens is 236 g/mol. The van der Waals surface area contributed by atoms with Gasteiger partial charge in [-0.25, -0.2) is 9.59 Å². The topological polar surface area (TPSA) is 100 Å². The molecule has 0 aliphatic carbocycles. The number of rotatable bonds is 5. The van der Waals surface area contributed by atoms with E-state index in [1.54, 1.807) is 6.92 Å². The fourth-order valence-electron chi connectivity index (χ4n) is 0.704. The summed E-state index contributed by atoms with van der Waals surface area (Å²) in [5.74, 6) is -2.04. The van der Waals surface area contributed by atoms with Gasteiger partial charge < -0.3 is 9.47 Å². The number of nitriles is 2. The van der Waals surface area contributed by atoms with Gasteiger partial charge in [-0.1, -0.05) is 19.2 Å². The van der Waals surface area contributed by atoms with Crippen molar-refractivity contribution in [2.45, 2.75) is 13.2 Å². The van der Waals surface area contributed by atoms with E-state index in [0.29, 0.717) is 0 Å². The van der Waals surface area contributed by atoms with Crippen molar-refractivity contribution in [1.29, 1.82) is 10.5 Å². The van der Waals surface area contributed by atoms with Crippen molar-refractivity contribution in [3.05, 3.63) is 36.5 Å². The van der Waals surface area contributed by atoms with Crippen LogP contribution >= 0.6 is 0 Å².